The van der Waals surface area contributed by atoms with Crippen LogP contribution in [0.4, 0.5) is 14.9 Å². The summed E-state index contributed by atoms with van der Waals surface area (Å²) < 4.78 is 30.4. The van der Waals surface area contributed by atoms with Gasteiger partial charge in [-0.05, 0) is 43.9 Å². The number of hydrogen-bond donors (Lipinski definition) is 3. The average molecular weight is 431 g/mol. The normalized spacial score (nSPS) is 15.6. The number of fused-ring (bicyclic) bond motifs is 1. The maximum atomic E-state index is 14.3. The van der Waals surface area contributed by atoms with Crippen molar-refractivity contribution in [2.45, 2.75) is 26.2 Å². The lowest BCUT2D eigenvalue weighted by Gasteiger charge is -2.15. The first-order chi connectivity index (χ1) is 14.3. The van der Waals surface area contributed by atoms with Gasteiger partial charge in [0.05, 0.1) is 11.9 Å². The lowest BCUT2D eigenvalue weighted by molar-refractivity contribution is 0.260. The molecule has 5 N–H and O–H groups in total. The van der Waals surface area contributed by atoms with E-state index in [4.69, 9.17) is 10.9 Å². The van der Waals surface area contributed by atoms with Crippen LogP contribution in [-0.4, -0.2) is 33.0 Å². The van der Waals surface area contributed by atoms with Crippen LogP contribution in [0.5, 0.6) is 0 Å². The van der Waals surface area contributed by atoms with Crippen molar-refractivity contribution in [3.05, 3.63) is 52.8 Å². The Balaban J connectivity index is 2.00. The van der Waals surface area contributed by atoms with Crippen LogP contribution in [0.15, 0.2) is 45.1 Å². The van der Waals surface area contributed by atoms with Crippen molar-refractivity contribution in [2.24, 2.45) is 20.2 Å². The second-order valence-electron chi connectivity index (χ2n) is 6.49. The zero-order valence-corrected chi connectivity index (χ0v) is 17.2. The van der Waals surface area contributed by atoms with Gasteiger partial charge in [-0.1, -0.05) is 0 Å². The Kier molecular flexibility index (Phi) is 6.53. The van der Waals surface area contributed by atoms with Crippen LogP contribution >= 0.6 is 0 Å². The van der Waals surface area contributed by atoms with Crippen LogP contribution in [0, 0.1) is 5.82 Å². The van der Waals surface area contributed by atoms with Gasteiger partial charge in [-0.15, -0.1) is 4.36 Å². The Hall–Kier alpha value is -3.18. The molecule has 2 heterocycles. The molecule has 2 amide bonds. The SMILES string of the molecule is CCN=CC=C(N)S(N)(=O)=NC(=O)Nc1c(-c2ccncc2F)cnc2c1CCC2. The van der Waals surface area contributed by atoms with Crippen molar-refractivity contribution in [3.8, 4) is 11.1 Å². The molecule has 3 rings (SSSR count). The summed E-state index contributed by atoms with van der Waals surface area (Å²) in [4.78, 5) is 24.6. The number of aliphatic imine (C=N–C) groups is 1. The standard InChI is InChI=1S/C19H22FN7O2S/c1-2-23-9-7-17(21)30(22,29)27-19(28)26-18-13-4-3-5-16(13)25-10-14(18)12-6-8-24-11-15(12)20/h6-11H,2-5,21H2,1H3,(H3,22,25,26,27,28,29). The fourth-order valence-corrected chi connectivity index (χ4v) is 3.74. The van der Waals surface area contributed by atoms with Gasteiger partial charge in [-0.2, -0.15) is 0 Å². The molecular weight excluding hydrogens is 409 g/mol. The molecule has 2 aromatic heterocycles. The first kappa shape index (κ1) is 21.5. The minimum Gasteiger partial charge on any atom is -0.390 e. The molecule has 0 fully saturated rings. The molecule has 0 bridgehead atoms. The number of anilines is 1. The summed E-state index contributed by atoms with van der Waals surface area (Å²) >= 11 is 0. The highest BCUT2D eigenvalue weighted by atomic mass is 32.2. The van der Waals surface area contributed by atoms with Gasteiger partial charge >= 0.3 is 6.03 Å². The Morgan fingerprint density at radius 3 is 2.90 bits per heavy atom. The third kappa shape index (κ3) is 4.69. The molecule has 0 saturated carbocycles. The fraction of sp³-hybridized carbons (Fsp3) is 0.263. The highest BCUT2D eigenvalue weighted by Gasteiger charge is 2.23. The van der Waals surface area contributed by atoms with Gasteiger partial charge in [0.1, 0.15) is 10.8 Å². The van der Waals surface area contributed by atoms with Crippen molar-refractivity contribution in [1.29, 1.82) is 0 Å². The lowest BCUT2D eigenvalue weighted by Crippen LogP contribution is -2.24. The molecule has 1 unspecified atom stereocenters. The zero-order chi connectivity index (χ0) is 21.7. The smallest absolute Gasteiger partial charge is 0.354 e. The van der Waals surface area contributed by atoms with E-state index < -0.39 is 21.8 Å². The summed E-state index contributed by atoms with van der Waals surface area (Å²) in [7, 11) is -3.65. The largest absolute Gasteiger partial charge is 0.390 e. The predicted molar refractivity (Wildman–Crippen MR) is 115 cm³/mol. The number of carbonyl (C=O) groups is 1. The van der Waals surface area contributed by atoms with Gasteiger partial charge < -0.3 is 11.1 Å². The Morgan fingerprint density at radius 1 is 1.37 bits per heavy atom. The van der Waals surface area contributed by atoms with Crippen LogP contribution in [0.3, 0.4) is 0 Å². The number of nitrogens with two attached hydrogens (primary N) is 2. The van der Waals surface area contributed by atoms with Crippen molar-refractivity contribution in [3.63, 3.8) is 0 Å². The van der Waals surface area contributed by atoms with Crippen LogP contribution < -0.4 is 16.2 Å². The number of allylic oxidation sites excluding steroid dienone is 1. The molecule has 0 saturated heterocycles. The number of amides is 2. The van der Waals surface area contributed by atoms with Crippen molar-refractivity contribution in [2.75, 3.05) is 11.9 Å². The van der Waals surface area contributed by atoms with E-state index in [9.17, 15) is 13.4 Å². The van der Waals surface area contributed by atoms with Crippen LogP contribution in [0.1, 0.15) is 24.6 Å². The number of halogens is 1. The molecule has 1 aliphatic carbocycles. The Labute approximate surface area is 173 Å². The van der Waals surface area contributed by atoms with E-state index in [0.29, 0.717) is 24.2 Å². The molecule has 0 radical (unpaired) electrons. The second-order valence-corrected chi connectivity index (χ2v) is 8.28. The fourth-order valence-electron chi connectivity index (χ4n) is 3.08. The number of carbonyl (C=O) groups excluding carboxylic acids is 1. The number of hydrogen-bond acceptors (Lipinski definition) is 6. The number of rotatable bonds is 5. The van der Waals surface area contributed by atoms with Gasteiger partial charge in [0.15, 0.2) is 9.92 Å². The van der Waals surface area contributed by atoms with Crippen LogP contribution in [0.2, 0.25) is 0 Å². The first-order valence-electron chi connectivity index (χ1n) is 9.25. The minimum atomic E-state index is -3.65. The van der Waals surface area contributed by atoms with E-state index >= 15 is 0 Å². The summed E-state index contributed by atoms with van der Waals surface area (Å²) in [5, 5.41) is 7.97. The second kappa shape index (κ2) is 9.09. The molecule has 2 aromatic rings. The van der Waals surface area contributed by atoms with Crippen molar-refractivity contribution in [1.82, 2.24) is 9.97 Å². The van der Waals surface area contributed by atoms with Gasteiger partial charge in [0.2, 0.25) is 0 Å². The van der Waals surface area contributed by atoms with E-state index in [1.807, 2.05) is 6.92 Å². The highest BCUT2D eigenvalue weighted by molar-refractivity contribution is 7.95. The third-order valence-corrected chi connectivity index (χ3v) is 5.74. The van der Waals surface area contributed by atoms with E-state index in [2.05, 4.69) is 24.6 Å². The molecule has 158 valence electrons. The average Bonchev–Trinajstić information content (AvgIpc) is 3.18. The molecule has 9 nitrogen and oxygen atoms in total. The molecule has 11 heteroatoms. The number of nitrogens with zero attached hydrogens (tertiary/aromatic N) is 4. The van der Waals surface area contributed by atoms with E-state index in [1.54, 1.807) is 0 Å². The molecule has 0 aliphatic heterocycles. The monoisotopic (exact) mass is 431 g/mol. The van der Waals surface area contributed by atoms with Gasteiger partial charge in [0, 0.05) is 42.0 Å². The zero-order valence-electron chi connectivity index (χ0n) is 16.3. The van der Waals surface area contributed by atoms with Gasteiger partial charge in [0.25, 0.3) is 0 Å². The molecular formula is C19H22FN7O2S. The molecule has 0 spiro atoms. The van der Waals surface area contributed by atoms with Gasteiger partial charge in [-0.25, -0.2) is 18.5 Å². The summed E-state index contributed by atoms with van der Waals surface area (Å²) in [5.41, 5.74) is 8.26. The minimum absolute atomic E-state index is 0.228. The Morgan fingerprint density at radius 2 is 2.17 bits per heavy atom. The number of aromatic nitrogens is 2. The summed E-state index contributed by atoms with van der Waals surface area (Å²) in [5.74, 6) is -0.560. The molecule has 0 aromatic carbocycles. The van der Waals surface area contributed by atoms with E-state index in [-0.39, 0.29) is 10.6 Å². The summed E-state index contributed by atoms with van der Waals surface area (Å²) in [6.07, 6.45) is 8.85. The topological polar surface area (TPSA) is 149 Å². The number of urea groups is 1. The summed E-state index contributed by atoms with van der Waals surface area (Å²) in [6, 6.07) is 0.530. The Bertz CT molecular complexity index is 1150. The quantitative estimate of drug-likeness (QED) is 0.622. The maximum Gasteiger partial charge on any atom is 0.354 e. The lowest BCUT2D eigenvalue weighted by atomic mass is 10.0. The van der Waals surface area contributed by atoms with Crippen LogP contribution in [-0.2, 0) is 22.8 Å². The summed E-state index contributed by atoms with van der Waals surface area (Å²) in [6.45, 7) is 2.32. The highest BCUT2D eigenvalue weighted by Crippen LogP contribution is 2.37. The van der Waals surface area contributed by atoms with Crippen molar-refractivity contribution >= 4 is 27.8 Å². The van der Waals surface area contributed by atoms with E-state index in [0.717, 1.165) is 30.3 Å². The number of nitrogens with one attached hydrogen (secondary N) is 1. The predicted octanol–water partition coefficient (Wildman–Crippen LogP) is 2.54. The van der Waals surface area contributed by atoms with Gasteiger partial charge in [-0.3, -0.25) is 15.0 Å². The first-order valence-corrected chi connectivity index (χ1v) is 10.8. The molecule has 1 aliphatic rings. The number of aryl methyl sites for hydroxylation is 1. The number of pyridine rings is 2. The third-order valence-electron chi connectivity index (χ3n) is 4.49. The maximum absolute atomic E-state index is 14.3. The van der Waals surface area contributed by atoms with Crippen molar-refractivity contribution < 1.29 is 13.4 Å². The molecule has 1 atom stereocenters. The molecule has 30 heavy (non-hydrogen) atoms. The van der Waals surface area contributed by atoms with Crippen LogP contribution in [0.25, 0.3) is 11.1 Å². The van der Waals surface area contributed by atoms with E-state index in [1.165, 1.54) is 30.8 Å².